The fourth-order valence-corrected chi connectivity index (χ4v) is 9.29. The summed E-state index contributed by atoms with van der Waals surface area (Å²) >= 11 is 0. The highest BCUT2D eigenvalue weighted by Crippen LogP contribution is 2.64. The van der Waals surface area contributed by atoms with Crippen LogP contribution in [0.5, 0.6) is 0 Å². The molecule has 0 radical (unpaired) electrons. The molecule has 1 nitrogen and oxygen atoms in total. The average molecular weight is 623 g/mol. The lowest BCUT2D eigenvalue weighted by Gasteiger charge is -2.32. The highest BCUT2D eigenvalue weighted by atomic mass is 16.3. The van der Waals surface area contributed by atoms with E-state index in [0.29, 0.717) is 0 Å². The molecule has 1 heteroatoms. The van der Waals surface area contributed by atoms with Gasteiger partial charge in [0.25, 0.3) is 0 Å². The molecule has 0 unspecified atom stereocenters. The molecule has 0 bridgehead atoms. The Hall–Kier alpha value is -6.18. The number of rotatable bonds is 2. The lowest BCUT2D eigenvalue weighted by Crippen LogP contribution is -2.26. The molecule has 2 aliphatic rings. The third-order valence-corrected chi connectivity index (χ3v) is 11.2. The molecule has 11 rings (SSSR count). The van der Waals surface area contributed by atoms with Gasteiger partial charge in [-0.15, -0.1) is 0 Å². The van der Waals surface area contributed by atoms with E-state index in [9.17, 15) is 0 Å². The van der Waals surface area contributed by atoms with Crippen LogP contribution in [0.4, 0.5) is 0 Å². The molecule has 9 aromatic rings. The summed E-state index contributed by atoms with van der Waals surface area (Å²) in [6.07, 6.45) is 0. The van der Waals surface area contributed by atoms with E-state index < -0.39 is 0 Å². The van der Waals surface area contributed by atoms with Crippen molar-refractivity contribution >= 4 is 32.7 Å². The largest absolute Gasteiger partial charge is 0.455 e. The van der Waals surface area contributed by atoms with Gasteiger partial charge in [0.15, 0.2) is 0 Å². The lowest BCUT2D eigenvalue weighted by atomic mass is 9.68. The van der Waals surface area contributed by atoms with E-state index in [1.165, 1.54) is 88.5 Å². The van der Waals surface area contributed by atoms with Crippen molar-refractivity contribution in [3.8, 4) is 44.5 Å². The summed E-state index contributed by atoms with van der Waals surface area (Å²) in [5, 5.41) is 4.72. The first-order valence-electron chi connectivity index (χ1n) is 17.1. The third kappa shape index (κ3) is 3.39. The van der Waals surface area contributed by atoms with Gasteiger partial charge in [0, 0.05) is 16.2 Å². The molecule has 1 spiro atoms. The van der Waals surface area contributed by atoms with Crippen molar-refractivity contribution in [1.82, 2.24) is 0 Å². The smallest absolute Gasteiger partial charge is 0.143 e. The standard InChI is InChI=1S/C48H30O/c1-29-12-10-23-44-45(29)40-28-39(33-13-2-3-17-38(33)47(40)49-44)31-26-24-30(25-27-31)32-18-11-19-37-36-16-6-9-22-43(36)48(46(32)37)41-20-7-4-14-34(41)35-15-5-8-21-42(35)48/h2-28H,1H3. The highest BCUT2D eigenvalue weighted by molar-refractivity contribution is 6.19. The molecule has 0 fully saturated rings. The van der Waals surface area contributed by atoms with E-state index >= 15 is 0 Å². The summed E-state index contributed by atoms with van der Waals surface area (Å²) in [7, 11) is 0. The first-order valence-corrected chi connectivity index (χ1v) is 17.1. The first kappa shape index (κ1) is 26.8. The lowest BCUT2D eigenvalue weighted by molar-refractivity contribution is 0.672. The predicted molar refractivity (Wildman–Crippen MR) is 203 cm³/mol. The van der Waals surface area contributed by atoms with Gasteiger partial charge in [-0.1, -0.05) is 152 Å². The van der Waals surface area contributed by atoms with Crippen LogP contribution in [0.3, 0.4) is 0 Å². The molecule has 2 aliphatic carbocycles. The summed E-state index contributed by atoms with van der Waals surface area (Å²) in [5.41, 5.74) is 18.5. The molecule has 1 aromatic heterocycles. The molecular weight excluding hydrogens is 593 g/mol. The number of hydrogen-bond acceptors (Lipinski definition) is 1. The SMILES string of the molecule is Cc1cccc2oc3c4ccccc4c(-c4ccc(-c5cccc6c5C5(c7ccccc7-c7ccccc75)c5ccccc5-6)cc4)cc3c12. The van der Waals surface area contributed by atoms with Crippen LogP contribution in [0, 0.1) is 6.92 Å². The van der Waals surface area contributed by atoms with Crippen molar-refractivity contribution in [1.29, 1.82) is 0 Å². The van der Waals surface area contributed by atoms with Gasteiger partial charge in [-0.3, -0.25) is 0 Å². The van der Waals surface area contributed by atoms with Gasteiger partial charge in [-0.25, -0.2) is 0 Å². The van der Waals surface area contributed by atoms with Gasteiger partial charge in [0.05, 0.1) is 5.41 Å². The van der Waals surface area contributed by atoms with Crippen LogP contribution in [0.2, 0.25) is 0 Å². The quantitative estimate of drug-likeness (QED) is 0.187. The summed E-state index contributed by atoms with van der Waals surface area (Å²) in [5.74, 6) is 0. The molecule has 0 atom stereocenters. The van der Waals surface area contributed by atoms with E-state index in [4.69, 9.17) is 4.42 Å². The Morgan fingerprint density at radius 2 is 0.918 bits per heavy atom. The van der Waals surface area contributed by atoms with Crippen molar-refractivity contribution in [2.75, 3.05) is 0 Å². The van der Waals surface area contributed by atoms with Crippen LogP contribution >= 0.6 is 0 Å². The summed E-state index contributed by atoms with van der Waals surface area (Å²) in [6.45, 7) is 2.17. The Balaban J connectivity index is 1.15. The summed E-state index contributed by atoms with van der Waals surface area (Å²) < 4.78 is 6.48. The molecule has 228 valence electrons. The molecule has 0 amide bonds. The molecule has 49 heavy (non-hydrogen) atoms. The zero-order chi connectivity index (χ0) is 32.3. The Morgan fingerprint density at radius 3 is 1.59 bits per heavy atom. The number of benzene rings is 8. The summed E-state index contributed by atoms with van der Waals surface area (Å²) in [6, 6.07) is 60.6. The fourth-order valence-electron chi connectivity index (χ4n) is 9.29. The maximum absolute atomic E-state index is 6.48. The zero-order valence-corrected chi connectivity index (χ0v) is 27.0. The van der Waals surface area contributed by atoms with Gasteiger partial charge in [-0.2, -0.15) is 0 Å². The summed E-state index contributed by atoms with van der Waals surface area (Å²) in [4.78, 5) is 0. The van der Waals surface area contributed by atoms with Crippen molar-refractivity contribution < 1.29 is 4.42 Å². The van der Waals surface area contributed by atoms with E-state index in [-0.39, 0.29) is 5.41 Å². The maximum Gasteiger partial charge on any atom is 0.143 e. The van der Waals surface area contributed by atoms with Gasteiger partial charge >= 0.3 is 0 Å². The Bertz CT molecular complexity index is 2770. The number of aryl methyl sites for hydroxylation is 1. The van der Waals surface area contributed by atoms with Crippen LogP contribution in [-0.2, 0) is 5.41 Å². The van der Waals surface area contributed by atoms with Gasteiger partial charge in [0.1, 0.15) is 11.2 Å². The van der Waals surface area contributed by atoms with Gasteiger partial charge in [0.2, 0.25) is 0 Å². The van der Waals surface area contributed by atoms with E-state index in [1.54, 1.807) is 0 Å². The fraction of sp³-hybridized carbons (Fsp3) is 0.0417. The van der Waals surface area contributed by atoms with Gasteiger partial charge < -0.3 is 4.42 Å². The minimum absolute atomic E-state index is 0.379. The van der Waals surface area contributed by atoms with Crippen molar-refractivity contribution in [2.24, 2.45) is 0 Å². The van der Waals surface area contributed by atoms with E-state index in [1.807, 2.05) is 0 Å². The molecule has 8 aromatic carbocycles. The molecular formula is C48H30O. The molecule has 0 aliphatic heterocycles. The minimum atomic E-state index is -0.379. The topological polar surface area (TPSA) is 13.1 Å². The number of hydrogen-bond donors (Lipinski definition) is 0. The highest BCUT2D eigenvalue weighted by Gasteiger charge is 2.52. The first-order chi connectivity index (χ1) is 24.2. The van der Waals surface area contributed by atoms with Crippen molar-refractivity contribution in [3.63, 3.8) is 0 Å². The predicted octanol–water partition coefficient (Wildman–Crippen LogP) is 12.7. The molecule has 1 heterocycles. The molecule has 0 N–H and O–H groups in total. The second-order valence-electron chi connectivity index (χ2n) is 13.6. The molecule has 0 saturated carbocycles. The van der Waals surface area contributed by atoms with Crippen LogP contribution in [0.15, 0.2) is 168 Å². The maximum atomic E-state index is 6.48. The number of fused-ring (bicyclic) bond motifs is 15. The Labute approximate surface area is 284 Å². The molecule has 0 saturated heterocycles. The second-order valence-corrected chi connectivity index (χ2v) is 13.6. The van der Waals surface area contributed by atoms with Crippen molar-refractivity contribution in [3.05, 3.63) is 192 Å². The third-order valence-electron chi connectivity index (χ3n) is 11.2. The average Bonchev–Trinajstić information content (AvgIpc) is 3.80. The minimum Gasteiger partial charge on any atom is -0.455 e. The van der Waals surface area contributed by atoms with Crippen molar-refractivity contribution in [2.45, 2.75) is 12.3 Å². The second kappa shape index (κ2) is 9.69. The zero-order valence-electron chi connectivity index (χ0n) is 27.0. The van der Waals surface area contributed by atoms with Crippen LogP contribution in [-0.4, -0.2) is 0 Å². The monoisotopic (exact) mass is 622 g/mol. The number of furan rings is 1. The van der Waals surface area contributed by atoms with E-state index in [0.717, 1.165) is 16.6 Å². The van der Waals surface area contributed by atoms with E-state index in [2.05, 4.69) is 171 Å². The van der Waals surface area contributed by atoms with Crippen LogP contribution in [0.1, 0.15) is 27.8 Å². The van der Waals surface area contributed by atoms with Gasteiger partial charge in [-0.05, 0) is 96.8 Å². The normalized spacial score (nSPS) is 13.6. The van der Waals surface area contributed by atoms with Crippen LogP contribution in [0.25, 0.3) is 77.2 Å². The van der Waals surface area contributed by atoms with Crippen LogP contribution < -0.4 is 0 Å². The Morgan fingerprint density at radius 1 is 0.408 bits per heavy atom. The Kier molecular flexibility index (Phi) is 5.31.